The monoisotopic (exact) mass is 476 g/mol. The van der Waals surface area contributed by atoms with Gasteiger partial charge in [-0.05, 0) is 80.5 Å². The molecule has 5 fully saturated rings. The molecule has 0 aromatic rings. The maximum absolute atomic E-state index is 10.4. The molecule has 3 saturated carbocycles. The van der Waals surface area contributed by atoms with Crippen LogP contribution in [0.4, 0.5) is 0 Å². The van der Waals surface area contributed by atoms with Gasteiger partial charge < -0.3 is 5.11 Å². The van der Waals surface area contributed by atoms with Crippen LogP contribution in [-0.2, 0) is 0 Å². The Hall–Kier alpha value is -0.170. The topological polar surface area (TPSA) is 50.8 Å². The molecular formula is C27H45ClN4O. The number of hydrogen-bond donors (Lipinski definition) is 3. The largest absolute Gasteiger partial charge is 0.391 e. The van der Waals surface area contributed by atoms with Crippen LogP contribution in [-0.4, -0.2) is 72.1 Å². The maximum atomic E-state index is 10.4. The van der Waals surface area contributed by atoms with E-state index in [0.29, 0.717) is 17.5 Å². The van der Waals surface area contributed by atoms with Gasteiger partial charge in [0.15, 0.2) is 0 Å². The van der Waals surface area contributed by atoms with Gasteiger partial charge in [-0.15, -0.1) is 0 Å². The van der Waals surface area contributed by atoms with E-state index in [1.807, 2.05) is 0 Å². The molecule has 0 radical (unpaired) electrons. The normalized spacial score (nSPS) is 47.8. The number of hydrogen-bond acceptors (Lipinski definition) is 5. The molecule has 6 rings (SSSR count). The highest BCUT2D eigenvalue weighted by molar-refractivity contribution is 6.29. The number of allylic oxidation sites excluding steroid dienone is 2. The van der Waals surface area contributed by atoms with E-state index in [0.717, 1.165) is 60.7 Å². The zero-order chi connectivity index (χ0) is 22.7. The van der Waals surface area contributed by atoms with Crippen molar-refractivity contribution in [2.24, 2.45) is 35.0 Å². The molecule has 2 heterocycles. The van der Waals surface area contributed by atoms with Crippen molar-refractivity contribution in [1.29, 1.82) is 0 Å². The summed E-state index contributed by atoms with van der Waals surface area (Å²) in [7, 11) is 0. The lowest BCUT2D eigenvalue weighted by Gasteiger charge is -2.49. The second-order valence-corrected chi connectivity index (χ2v) is 12.9. The molecule has 0 aromatic carbocycles. The highest BCUT2D eigenvalue weighted by Crippen LogP contribution is 2.68. The lowest BCUT2D eigenvalue weighted by atomic mass is 9.76. The van der Waals surface area contributed by atoms with E-state index >= 15 is 0 Å². The van der Waals surface area contributed by atoms with Gasteiger partial charge in [0.2, 0.25) is 0 Å². The molecule has 5 nitrogen and oxygen atoms in total. The minimum absolute atomic E-state index is 0.164. The minimum Gasteiger partial charge on any atom is -0.391 e. The molecule has 2 saturated heterocycles. The Morgan fingerprint density at radius 1 is 1.06 bits per heavy atom. The Bertz CT molecular complexity index is 740. The van der Waals surface area contributed by atoms with Gasteiger partial charge in [0, 0.05) is 55.9 Å². The lowest BCUT2D eigenvalue weighted by Crippen LogP contribution is -2.66. The zero-order valence-corrected chi connectivity index (χ0v) is 21.4. The molecule has 3 N–H and O–H groups in total. The first kappa shape index (κ1) is 23.2. The van der Waals surface area contributed by atoms with Crippen LogP contribution in [0.25, 0.3) is 0 Å². The van der Waals surface area contributed by atoms with Gasteiger partial charge in [0.05, 0.1) is 12.3 Å². The van der Waals surface area contributed by atoms with Crippen molar-refractivity contribution in [1.82, 2.24) is 20.4 Å². The van der Waals surface area contributed by atoms with Crippen LogP contribution >= 0.6 is 11.6 Å². The fourth-order valence-corrected chi connectivity index (χ4v) is 8.93. The standard InChI is InChI=1S/C27H45ClN4O/c1-17-18(2)27(17,15-19-3-7-21(28)8-4-19)25(20-5-6-20)31-11-13-32(14-12-31)26-22-9-10-23(33)24(22)29-16-30-26/h7,17-20,22-26,29-30,33H,3-6,8-16H2,1-2H3/t17-,18?,19?,22?,23?,24?,25?,26?,27?/m0/s1. The van der Waals surface area contributed by atoms with Crippen molar-refractivity contribution >= 4 is 11.6 Å². The summed E-state index contributed by atoms with van der Waals surface area (Å²) in [6, 6.07) is 1.07. The van der Waals surface area contributed by atoms with Crippen molar-refractivity contribution in [2.75, 3.05) is 32.8 Å². The predicted octanol–water partition coefficient (Wildman–Crippen LogP) is 3.58. The van der Waals surface area contributed by atoms with Crippen LogP contribution in [0.15, 0.2) is 11.1 Å². The van der Waals surface area contributed by atoms with Crippen LogP contribution in [0.1, 0.15) is 65.2 Å². The fourth-order valence-electron chi connectivity index (χ4n) is 8.73. The number of aliphatic hydroxyl groups excluding tert-OH is 1. The zero-order valence-electron chi connectivity index (χ0n) is 20.7. The van der Waals surface area contributed by atoms with E-state index in [4.69, 9.17) is 11.6 Å². The molecule has 0 aromatic heterocycles. The second kappa shape index (κ2) is 9.05. The smallest absolute Gasteiger partial charge is 0.0697 e. The van der Waals surface area contributed by atoms with E-state index in [1.54, 1.807) is 0 Å². The molecular weight excluding hydrogens is 432 g/mol. The molecule has 2 aliphatic heterocycles. The Labute approximate surface area is 205 Å². The van der Waals surface area contributed by atoms with Gasteiger partial charge in [0.1, 0.15) is 0 Å². The average Bonchev–Trinajstić information content (AvgIpc) is 3.71. The number of fused-ring (bicyclic) bond motifs is 1. The van der Waals surface area contributed by atoms with E-state index in [-0.39, 0.29) is 12.1 Å². The summed E-state index contributed by atoms with van der Waals surface area (Å²) in [6.07, 6.45) is 12.5. The first-order valence-corrected chi connectivity index (χ1v) is 14.3. The summed E-state index contributed by atoms with van der Waals surface area (Å²) in [5.41, 5.74) is 0.527. The Morgan fingerprint density at radius 3 is 2.45 bits per heavy atom. The van der Waals surface area contributed by atoms with Crippen molar-refractivity contribution in [3.8, 4) is 0 Å². The number of nitrogens with one attached hydrogen (secondary N) is 2. The molecule has 4 aliphatic carbocycles. The van der Waals surface area contributed by atoms with Crippen LogP contribution < -0.4 is 10.6 Å². The van der Waals surface area contributed by atoms with E-state index in [2.05, 4.69) is 40.4 Å². The predicted molar refractivity (Wildman–Crippen MR) is 134 cm³/mol. The van der Waals surface area contributed by atoms with Crippen LogP contribution in [0.3, 0.4) is 0 Å². The first-order chi connectivity index (χ1) is 16.0. The maximum Gasteiger partial charge on any atom is 0.0697 e. The summed E-state index contributed by atoms with van der Waals surface area (Å²) in [6.45, 7) is 10.7. The second-order valence-electron chi connectivity index (χ2n) is 12.4. The molecule has 9 atom stereocenters. The summed E-state index contributed by atoms with van der Waals surface area (Å²) in [4.78, 5) is 5.64. The number of halogens is 1. The fraction of sp³-hybridized carbons (Fsp3) is 0.926. The summed E-state index contributed by atoms with van der Waals surface area (Å²) in [5.74, 6) is 4.01. The third-order valence-electron chi connectivity index (χ3n) is 10.9. The van der Waals surface area contributed by atoms with E-state index in [1.165, 1.54) is 58.3 Å². The number of nitrogens with zero attached hydrogens (tertiary/aromatic N) is 2. The van der Waals surface area contributed by atoms with Gasteiger partial charge in [-0.2, -0.15) is 0 Å². The Morgan fingerprint density at radius 2 is 1.82 bits per heavy atom. The molecule has 33 heavy (non-hydrogen) atoms. The van der Waals surface area contributed by atoms with Crippen molar-refractivity contribution in [2.45, 2.75) is 89.6 Å². The number of piperazine rings is 1. The van der Waals surface area contributed by atoms with Gasteiger partial charge >= 0.3 is 0 Å². The third kappa shape index (κ3) is 4.13. The van der Waals surface area contributed by atoms with Crippen LogP contribution in [0, 0.1) is 35.0 Å². The SMILES string of the molecule is CC1[C@H](C)C1(CC1CC=C(Cl)CC1)C(C1CC1)N1CCN(C2NCNC3C(O)CCC32)CC1. The Balaban J connectivity index is 1.13. The quantitative estimate of drug-likeness (QED) is 0.547. The molecule has 186 valence electrons. The number of aliphatic hydroxyl groups is 1. The highest BCUT2D eigenvalue weighted by Gasteiger charge is 2.67. The molecule has 8 unspecified atom stereocenters. The summed E-state index contributed by atoms with van der Waals surface area (Å²) < 4.78 is 0. The van der Waals surface area contributed by atoms with Gasteiger partial charge in [-0.25, -0.2) is 0 Å². The molecule has 0 amide bonds. The van der Waals surface area contributed by atoms with Crippen molar-refractivity contribution in [3.05, 3.63) is 11.1 Å². The third-order valence-corrected chi connectivity index (χ3v) is 11.3. The molecule has 6 heteroatoms. The summed E-state index contributed by atoms with van der Waals surface area (Å²) >= 11 is 6.32. The molecule has 0 bridgehead atoms. The van der Waals surface area contributed by atoms with Gasteiger partial charge in [-0.1, -0.05) is 31.5 Å². The van der Waals surface area contributed by atoms with Crippen molar-refractivity contribution < 1.29 is 5.11 Å². The van der Waals surface area contributed by atoms with E-state index in [9.17, 15) is 5.11 Å². The average molecular weight is 477 g/mol. The first-order valence-electron chi connectivity index (χ1n) is 14.0. The Kier molecular flexibility index (Phi) is 6.37. The lowest BCUT2D eigenvalue weighted by molar-refractivity contribution is -0.0150. The van der Waals surface area contributed by atoms with E-state index < -0.39 is 0 Å². The van der Waals surface area contributed by atoms with Crippen LogP contribution in [0.2, 0.25) is 0 Å². The number of rotatable bonds is 6. The molecule has 6 aliphatic rings. The summed E-state index contributed by atoms with van der Waals surface area (Å²) in [5, 5.41) is 18.7. The van der Waals surface area contributed by atoms with Crippen LogP contribution in [0.5, 0.6) is 0 Å². The van der Waals surface area contributed by atoms with Gasteiger partial charge in [-0.3, -0.25) is 20.4 Å². The highest BCUT2D eigenvalue weighted by atomic mass is 35.5. The van der Waals surface area contributed by atoms with Crippen molar-refractivity contribution in [3.63, 3.8) is 0 Å². The van der Waals surface area contributed by atoms with Gasteiger partial charge in [0.25, 0.3) is 0 Å². The minimum atomic E-state index is -0.164. The molecule has 0 spiro atoms.